The van der Waals surface area contributed by atoms with Gasteiger partial charge in [0.1, 0.15) is 5.76 Å². The molecule has 6 nitrogen and oxygen atoms in total. The molecule has 0 aliphatic heterocycles. The van der Waals surface area contributed by atoms with Crippen molar-refractivity contribution < 1.29 is 9.90 Å². The van der Waals surface area contributed by atoms with Crippen LogP contribution in [0.3, 0.4) is 0 Å². The fourth-order valence-corrected chi connectivity index (χ4v) is 2.07. The molecule has 0 atom stereocenters. The summed E-state index contributed by atoms with van der Waals surface area (Å²) in [6.07, 6.45) is 9.77. The minimum Gasteiger partial charge on any atom is -0.508 e. The van der Waals surface area contributed by atoms with Crippen LogP contribution in [-0.4, -0.2) is 21.0 Å². The number of hydrogen-bond acceptors (Lipinski definition) is 5. The van der Waals surface area contributed by atoms with Gasteiger partial charge in [-0.15, -0.1) is 0 Å². The molecule has 0 aliphatic carbocycles. The molecule has 1 aromatic heterocycles. The van der Waals surface area contributed by atoms with E-state index in [1.54, 1.807) is 43.5 Å². The van der Waals surface area contributed by atoms with E-state index in [0.29, 0.717) is 16.6 Å². The number of carbonyl (C=O) groups is 1. The molecule has 1 aromatic carbocycles. The minimum absolute atomic E-state index is 0.147. The summed E-state index contributed by atoms with van der Waals surface area (Å²) in [4.78, 5) is 20.3. The molecule has 0 saturated heterocycles. The van der Waals surface area contributed by atoms with Crippen molar-refractivity contribution in [1.82, 2.24) is 9.97 Å². The minimum atomic E-state index is -0.621. The summed E-state index contributed by atoms with van der Waals surface area (Å²) in [5.41, 5.74) is 14.3. The highest BCUT2D eigenvalue weighted by atomic mass is 16.3. The molecule has 2 aromatic rings. The molecule has 1 heterocycles. The van der Waals surface area contributed by atoms with Crippen molar-refractivity contribution in [1.29, 1.82) is 0 Å². The number of nitrogen functional groups attached to an aromatic ring is 1. The molecule has 2 rings (SSSR count). The first-order valence-electron chi connectivity index (χ1n) is 6.99. The third-order valence-electron chi connectivity index (χ3n) is 3.24. The molecule has 0 fully saturated rings. The molecule has 0 aliphatic rings. The summed E-state index contributed by atoms with van der Waals surface area (Å²) in [6, 6.07) is 1.55. The standard InChI is InChI=1S/C17H18N4O2/c1-3-11(22)6-4-5-7-12-15(18)13(17(19)23)8-14-16(12)20-9-10(2)21-14/h3-9,22H,18H2,1-2H3,(H2,19,23)/b6-4-,7-5+,11-3-. The first-order chi connectivity index (χ1) is 10.9. The zero-order valence-corrected chi connectivity index (χ0v) is 12.9. The molecular weight excluding hydrogens is 292 g/mol. The van der Waals surface area contributed by atoms with E-state index >= 15 is 0 Å². The number of aryl methyl sites for hydroxylation is 1. The number of aliphatic hydroxyl groups excluding tert-OH is 1. The summed E-state index contributed by atoms with van der Waals surface area (Å²) in [6.45, 7) is 3.54. The van der Waals surface area contributed by atoms with Crippen LogP contribution in [-0.2, 0) is 0 Å². The molecule has 118 valence electrons. The number of fused-ring (bicyclic) bond motifs is 1. The van der Waals surface area contributed by atoms with Crippen LogP contribution in [0.4, 0.5) is 5.69 Å². The Morgan fingerprint density at radius 2 is 2.09 bits per heavy atom. The van der Waals surface area contributed by atoms with Crippen molar-refractivity contribution in [3.05, 3.63) is 59.1 Å². The van der Waals surface area contributed by atoms with Crippen molar-refractivity contribution in [3.8, 4) is 0 Å². The summed E-state index contributed by atoms with van der Waals surface area (Å²) in [7, 11) is 0. The maximum Gasteiger partial charge on any atom is 0.250 e. The predicted octanol–water partition coefficient (Wildman–Crippen LogP) is 2.65. The average Bonchev–Trinajstić information content (AvgIpc) is 2.52. The van der Waals surface area contributed by atoms with E-state index in [0.717, 1.165) is 5.69 Å². The number of carbonyl (C=O) groups excluding carboxylic acids is 1. The molecule has 1 amide bonds. The topological polar surface area (TPSA) is 115 Å². The molecule has 6 heteroatoms. The van der Waals surface area contributed by atoms with Crippen LogP contribution < -0.4 is 11.5 Å². The fourth-order valence-electron chi connectivity index (χ4n) is 2.07. The van der Waals surface area contributed by atoms with Gasteiger partial charge in [0, 0.05) is 11.8 Å². The van der Waals surface area contributed by atoms with Gasteiger partial charge in [0.25, 0.3) is 5.91 Å². The second-order valence-corrected chi connectivity index (χ2v) is 4.93. The van der Waals surface area contributed by atoms with Gasteiger partial charge < -0.3 is 16.6 Å². The Morgan fingerprint density at radius 3 is 2.74 bits per heavy atom. The van der Waals surface area contributed by atoms with Crippen molar-refractivity contribution in [2.45, 2.75) is 13.8 Å². The van der Waals surface area contributed by atoms with Gasteiger partial charge in [-0.1, -0.05) is 18.2 Å². The fraction of sp³-hybridized carbons (Fsp3) is 0.118. The van der Waals surface area contributed by atoms with E-state index < -0.39 is 5.91 Å². The van der Waals surface area contributed by atoms with Crippen LogP contribution >= 0.6 is 0 Å². The van der Waals surface area contributed by atoms with Crippen molar-refractivity contribution >= 4 is 28.7 Å². The van der Waals surface area contributed by atoms with E-state index in [4.69, 9.17) is 11.5 Å². The van der Waals surface area contributed by atoms with Gasteiger partial charge in [-0.05, 0) is 32.1 Å². The van der Waals surface area contributed by atoms with Gasteiger partial charge >= 0.3 is 0 Å². The normalized spacial score (nSPS) is 12.5. The zero-order valence-electron chi connectivity index (χ0n) is 12.9. The molecule has 0 radical (unpaired) electrons. The Balaban J connectivity index is 2.60. The van der Waals surface area contributed by atoms with E-state index in [1.807, 2.05) is 6.92 Å². The Morgan fingerprint density at radius 1 is 1.35 bits per heavy atom. The summed E-state index contributed by atoms with van der Waals surface area (Å²) < 4.78 is 0. The average molecular weight is 310 g/mol. The zero-order chi connectivity index (χ0) is 17.0. The van der Waals surface area contributed by atoms with E-state index in [9.17, 15) is 9.90 Å². The van der Waals surface area contributed by atoms with Gasteiger partial charge in [-0.3, -0.25) is 9.78 Å². The number of aliphatic hydroxyl groups is 1. The Hall–Kier alpha value is -3.15. The first-order valence-corrected chi connectivity index (χ1v) is 6.99. The smallest absolute Gasteiger partial charge is 0.250 e. The van der Waals surface area contributed by atoms with Crippen molar-refractivity contribution in [2.24, 2.45) is 5.73 Å². The number of hydrogen-bond donors (Lipinski definition) is 3. The van der Waals surface area contributed by atoms with Gasteiger partial charge in [-0.25, -0.2) is 4.98 Å². The molecule has 23 heavy (non-hydrogen) atoms. The number of amides is 1. The van der Waals surface area contributed by atoms with Crippen LogP contribution in [0.5, 0.6) is 0 Å². The maximum atomic E-state index is 11.6. The molecule has 5 N–H and O–H groups in total. The van der Waals surface area contributed by atoms with Crippen LogP contribution in [0.1, 0.15) is 28.5 Å². The molecule has 0 spiro atoms. The van der Waals surface area contributed by atoms with Crippen LogP contribution in [0, 0.1) is 6.92 Å². The Labute approximate surface area is 133 Å². The largest absolute Gasteiger partial charge is 0.508 e. The van der Waals surface area contributed by atoms with E-state index in [-0.39, 0.29) is 17.0 Å². The van der Waals surface area contributed by atoms with Gasteiger partial charge in [0.15, 0.2) is 0 Å². The number of primary amides is 1. The molecular formula is C17H18N4O2. The number of nitrogens with two attached hydrogens (primary N) is 2. The third-order valence-corrected chi connectivity index (χ3v) is 3.24. The van der Waals surface area contributed by atoms with Gasteiger partial charge in [0.2, 0.25) is 0 Å². The summed E-state index contributed by atoms with van der Waals surface area (Å²) in [5, 5.41) is 9.36. The lowest BCUT2D eigenvalue weighted by molar-refractivity contribution is 0.100. The number of nitrogens with zero attached hydrogens (tertiary/aromatic N) is 2. The Kier molecular flexibility index (Phi) is 4.75. The number of aromatic nitrogens is 2. The highest BCUT2D eigenvalue weighted by Gasteiger charge is 2.14. The Bertz CT molecular complexity index is 851. The van der Waals surface area contributed by atoms with E-state index in [2.05, 4.69) is 9.97 Å². The molecule has 0 unspecified atom stereocenters. The van der Waals surface area contributed by atoms with Gasteiger partial charge in [-0.2, -0.15) is 0 Å². The second kappa shape index (κ2) is 6.74. The highest BCUT2D eigenvalue weighted by molar-refractivity contribution is 6.05. The lowest BCUT2D eigenvalue weighted by Crippen LogP contribution is -2.14. The van der Waals surface area contributed by atoms with Crippen molar-refractivity contribution in [3.63, 3.8) is 0 Å². The lowest BCUT2D eigenvalue weighted by Gasteiger charge is -2.09. The number of anilines is 1. The summed E-state index contributed by atoms with van der Waals surface area (Å²) in [5.74, 6) is -0.474. The predicted molar refractivity (Wildman–Crippen MR) is 91.8 cm³/mol. The molecule has 0 saturated carbocycles. The number of allylic oxidation sites excluding steroid dienone is 4. The van der Waals surface area contributed by atoms with E-state index in [1.165, 1.54) is 6.08 Å². The first kappa shape index (κ1) is 16.2. The van der Waals surface area contributed by atoms with Gasteiger partial charge in [0.05, 0.1) is 28.0 Å². The number of rotatable bonds is 4. The lowest BCUT2D eigenvalue weighted by atomic mass is 10.0. The van der Waals surface area contributed by atoms with Crippen LogP contribution in [0.25, 0.3) is 17.1 Å². The van der Waals surface area contributed by atoms with Crippen LogP contribution in [0.15, 0.2) is 42.3 Å². The molecule has 0 bridgehead atoms. The highest BCUT2D eigenvalue weighted by Crippen LogP contribution is 2.27. The monoisotopic (exact) mass is 310 g/mol. The third kappa shape index (κ3) is 3.55. The maximum absolute atomic E-state index is 11.6. The second-order valence-electron chi connectivity index (χ2n) is 4.93. The van der Waals surface area contributed by atoms with Crippen molar-refractivity contribution in [2.75, 3.05) is 5.73 Å². The van der Waals surface area contributed by atoms with Crippen LogP contribution in [0.2, 0.25) is 0 Å². The number of benzene rings is 1. The SMILES string of the molecule is C/C=C(O)/C=C\C=C\c1c(N)c(C(N)=O)cc2nc(C)cnc12. The quantitative estimate of drug-likeness (QED) is 0.456. The summed E-state index contributed by atoms with van der Waals surface area (Å²) >= 11 is 0.